The predicted molar refractivity (Wildman–Crippen MR) is 255 cm³/mol. The number of oxime groups is 1. The number of nitrogens with zero attached hydrogens (tertiary/aromatic N) is 3. The largest absolute Gasteiger partial charge is 0.493 e. The van der Waals surface area contributed by atoms with E-state index in [1.165, 1.54) is 29.2 Å². The number of amides is 1. The Hall–Kier alpha value is -5.67. The molecule has 4 aromatic carbocycles. The fourth-order valence-electron chi connectivity index (χ4n) is 9.74. The molecule has 4 aromatic rings. The van der Waals surface area contributed by atoms with Crippen LogP contribution in [0.25, 0.3) is 0 Å². The van der Waals surface area contributed by atoms with E-state index in [1.54, 1.807) is 22.7 Å². The molecule has 1 saturated carbocycles. The van der Waals surface area contributed by atoms with Gasteiger partial charge in [0.05, 0.1) is 29.8 Å². The van der Waals surface area contributed by atoms with E-state index in [2.05, 4.69) is 30.9 Å². The third kappa shape index (κ3) is 11.5. The van der Waals surface area contributed by atoms with E-state index in [4.69, 9.17) is 28.9 Å². The number of hydrogen-bond acceptors (Lipinski definition) is 12. The molecule has 1 aliphatic heterocycles. The molecule has 6 atom stereocenters. The van der Waals surface area contributed by atoms with Gasteiger partial charge in [-0.15, -0.1) is 18.3 Å². The lowest BCUT2D eigenvalue weighted by Gasteiger charge is -2.59. The van der Waals surface area contributed by atoms with Gasteiger partial charge in [0.2, 0.25) is 5.79 Å². The van der Waals surface area contributed by atoms with Crippen LogP contribution in [0.15, 0.2) is 137 Å². The van der Waals surface area contributed by atoms with Crippen molar-refractivity contribution < 1.29 is 43.7 Å². The molecule has 13 nitrogen and oxygen atoms in total. The maximum Gasteiger partial charge on any atom is 0.415 e. The standard InChI is InChI=1S/C52H61N3O10S/c1-3-27-54(51(58)64-40-23-21-39(22-24-40)55(59)60)48-35-46(53-63-36-37-15-7-5-8-16-37)44-33-38(17-11-13-28-56)43(20-12-14-29-57)49-45-34-41(61-31-32-66-42-18-9-6-10-19-42)25-26-47(45)65-52(48,50(44)49)62-30-4-2/h4-10,15-16,18-19,21-26,33-34,38,43,48-50,56-57H,2-3,11-14,17,20,27-32,35-36H2,1H3/t38-,43+,48-,49+,50+,52+/m0/s1. The lowest BCUT2D eigenvalue weighted by atomic mass is 9.55. The Bertz CT molecular complexity index is 2280. The fraction of sp³-hybridized carbons (Fsp3) is 0.423. The minimum absolute atomic E-state index is 0.0270. The number of benzene rings is 4. The van der Waals surface area contributed by atoms with Crippen molar-refractivity contribution in [2.45, 2.75) is 87.5 Å². The molecule has 0 saturated heterocycles. The van der Waals surface area contributed by atoms with E-state index in [0.717, 1.165) is 48.1 Å². The van der Waals surface area contributed by atoms with Crippen molar-refractivity contribution in [2.24, 2.45) is 22.9 Å². The number of carbonyl (C=O) groups is 1. The zero-order chi connectivity index (χ0) is 46.3. The lowest BCUT2D eigenvalue weighted by Crippen LogP contribution is -2.70. The van der Waals surface area contributed by atoms with Crippen LogP contribution < -0.4 is 14.2 Å². The van der Waals surface area contributed by atoms with Crippen molar-refractivity contribution >= 4 is 29.3 Å². The highest BCUT2D eigenvalue weighted by atomic mass is 32.2. The van der Waals surface area contributed by atoms with Gasteiger partial charge in [0, 0.05) is 60.4 Å². The molecule has 3 aliphatic rings. The molecule has 14 heteroatoms. The summed E-state index contributed by atoms with van der Waals surface area (Å²) in [6.45, 7) is 7.24. The summed E-state index contributed by atoms with van der Waals surface area (Å²) in [4.78, 5) is 34.7. The number of carbonyl (C=O) groups excluding carboxylic acids is 1. The van der Waals surface area contributed by atoms with E-state index in [9.17, 15) is 25.1 Å². The first-order valence-corrected chi connectivity index (χ1v) is 24.1. The van der Waals surface area contributed by atoms with Crippen LogP contribution in [0.1, 0.15) is 75.3 Å². The van der Waals surface area contributed by atoms with Gasteiger partial charge >= 0.3 is 6.09 Å². The highest BCUT2D eigenvalue weighted by molar-refractivity contribution is 7.99. The summed E-state index contributed by atoms with van der Waals surface area (Å²) in [6.07, 6.45) is 8.55. The third-order valence-electron chi connectivity index (χ3n) is 12.6. The Morgan fingerprint density at radius 3 is 2.38 bits per heavy atom. The van der Waals surface area contributed by atoms with Gasteiger partial charge in [0.15, 0.2) is 0 Å². The highest BCUT2D eigenvalue weighted by Gasteiger charge is 2.65. The molecule has 2 aliphatic carbocycles. The molecule has 1 heterocycles. The van der Waals surface area contributed by atoms with Crippen molar-refractivity contribution in [2.75, 3.05) is 38.7 Å². The molecule has 1 amide bonds. The van der Waals surface area contributed by atoms with E-state index >= 15 is 0 Å². The normalized spacial score (nSPS) is 22.3. The van der Waals surface area contributed by atoms with Crippen molar-refractivity contribution in [1.29, 1.82) is 0 Å². The molecule has 2 N–H and O–H groups in total. The molecular formula is C52H61N3O10S. The van der Waals surface area contributed by atoms with Crippen LogP contribution in [0.4, 0.5) is 10.5 Å². The van der Waals surface area contributed by atoms with Gasteiger partial charge in [-0.2, -0.15) is 0 Å². The number of thioether (sulfide) groups is 1. The molecule has 0 spiro atoms. The predicted octanol–water partition coefficient (Wildman–Crippen LogP) is 10.5. The maximum absolute atomic E-state index is 14.7. The minimum atomic E-state index is -1.49. The highest BCUT2D eigenvalue weighted by Crippen LogP contribution is 2.62. The molecule has 0 aromatic heterocycles. The number of nitro benzene ring substituents is 1. The van der Waals surface area contributed by atoms with Crippen LogP contribution in [0.3, 0.4) is 0 Å². The molecular weight excluding hydrogens is 859 g/mol. The Kier molecular flexibility index (Phi) is 17.3. The van der Waals surface area contributed by atoms with Crippen LogP contribution >= 0.6 is 11.8 Å². The molecule has 66 heavy (non-hydrogen) atoms. The van der Waals surface area contributed by atoms with Gasteiger partial charge < -0.3 is 34.0 Å². The quantitative estimate of drug-likeness (QED) is 0.0226. The van der Waals surface area contributed by atoms with Gasteiger partial charge in [-0.05, 0) is 97.5 Å². The number of ether oxygens (including phenoxy) is 4. The Balaban J connectivity index is 1.37. The van der Waals surface area contributed by atoms with Gasteiger partial charge in [0.25, 0.3) is 5.69 Å². The second-order valence-corrected chi connectivity index (χ2v) is 18.0. The Morgan fingerprint density at radius 2 is 1.68 bits per heavy atom. The number of rotatable bonds is 24. The molecule has 7 rings (SSSR count). The summed E-state index contributed by atoms with van der Waals surface area (Å²) in [5.41, 5.74) is 3.35. The van der Waals surface area contributed by atoms with Crippen LogP contribution in [-0.4, -0.2) is 82.4 Å². The SMILES string of the molecule is C=CCO[C@@]12Oc3ccc(OCCSc4ccccc4)cc3[C@H]3[C@H](CCCCO)[C@@H](CCCCO)C=C(C(=NOCc4ccccc4)C[C@@H]1N(CCC)C(=O)Oc1ccc([N+](=O)[O-])cc1)[C@H]32. The van der Waals surface area contributed by atoms with Crippen LogP contribution in [0.2, 0.25) is 0 Å². The second kappa shape index (κ2) is 23.7. The van der Waals surface area contributed by atoms with Gasteiger partial charge in [-0.1, -0.05) is 85.6 Å². The monoisotopic (exact) mass is 919 g/mol. The fourth-order valence-corrected chi connectivity index (χ4v) is 10.5. The van der Waals surface area contributed by atoms with E-state index in [0.29, 0.717) is 43.1 Å². The lowest BCUT2D eigenvalue weighted by molar-refractivity contribution is -0.384. The summed E-state index contributed by atoms with van der Waals surface area (Å²) < 4.78 is 26.9. The van der Waals surface area contributed by atoms with Gasteiger partial charge in [-0.3, -0.25) is 15.0 Å². The number of allylic oxidation sites excluding steroid dienone is 1. The molecule has 0 bridgehead atoms. The van der Waals surface area contributed by atoms with Gasteiger partial charge in [0.1, 0.15) is 29.9 Å². The van der Waals surface area contributed by atoms with Crippen molar-refractivity contribution in [1.82, 2.24) is 4.90 Å². The van der Waals surface area contributed by atoms with Crippen molar-refractivity contribution in [3.63, 3.8) is 0 Å². The maximum atomic E-state index is 14.7. The number of aliphatic hydroxyl groups excluding tert-OH is 2. The van der Waals surface area contributed by atoms with E-state index < -0.39 is 28.8 Å². The summed E-state index contributed by atoms with van der Waals surface area (Å²) >= 11 is 1.73. The van der Waals surface area contributed by atoms with Crippen molar-refractivity contribution in [3.8, 4) is 17.2 Å². The molecule has 350 valence electrons. The van der Waals surface area contributed by atoms with Crippen LogP contribution in [0, 0.1) is 27.9 Å². The third-order valence-corrected chi connectivity index (χ3v) is 13.6. The molecule has 0 radical (unpaired) electrons. The summed E-state index contributed by atoms with van der Waals surface area (Å²) in [5.74, 6) is 0.0499. The summed E-state index contributed by atoms with van der Waals surface area (Å²) in [5, 5.41) is 36.3. The zero-order valence-corrected chi connectivity index (χ0v) is 38.4. The van der Waals surface area contributed by atoms with Crippen molar-refractivity contribution in [3.05, 3.63) is 149 Å². The average molecular weight is 920 g/mol. The van der Waals surface area contributed by atoms with Gasteiger partial charge in [-0.25, -0.2) is 4.79 Å². The number of hydrogen-bond donors (Lipinski definition) is 2. The average Bonchev–Trinajstić information content (AvgIpc) is 3.33. The molecule has 1 fully saturated rings. The number of unbranched alkanes of at least 4 members (excludes halogenated alkanes) is 2. The minimum Gasteiger partial charge on any atom is -0.493 e. The van der Waals surface area contributed by atoms with Crippen LogP contribution in [-0.2, 0) is 16.2 Å². The van der Waals surface area contributed by atoms with E-state index in [-0.39, 0.29) is 68.6 Å². The summed E-state index contributed by atoms with van der Waals surface area (Å²) in [6, 6.07) is 30.6. The Morgan fingerprint density at radius 1 is 0.970 bits per heavy atom. The second-order valence-electron chi connectivity index (χ2n) is 16.9. The van der Waals surface area contributed by atoms with E-state index in [1.807, 2.05) is 67.6 Å². The number of fused-ring (bicyclic) bond motifs is 2. The molecule has 0 unspecified atom stereocenters. The summed E-state index contributed by atoms with van der Waals surface area (Å²) in [7, 11) is 0. The number of nitro groups is 1. The first kappa shape index (κ1) is 48.3. The number of non-ortho nitro benzene ring substituents is 1. The topological polar surface area (TPSA) is 162 Å². The smallest absolute Gasteiger partial charge is 0.415 e. The Labute approximate surface area is 391 Å². The van der Waals surface area contributed by atoms with Crippen LogP contribution in [0.5, 0.6) is 17.2 Å². The number of aliphatic hydroxyl groups is 2. The first-order chi connectivity index (χ1) is 32.3. The zero-order valence-electron chi connectivity index (χ0n) is 37.6. The first-order valence-electron chi connectivity index (χ1n) is 23.1.